The second-order valence-electron chi connectivity index (χ2n) is 9.71. The van der Waals surface area contributed by atoms with E-state index < -0.39 is 5.60 Å². The van der Waals surface area contributed by atoms with E-state index in [9.17, 15) is 4.79 Å². The van der Waals surface area contributed by atoms with Crippen molar-refractivity contribution in [2.45, 2.75) is 64.3 Å². The molecule has 5 nitrogen and oxygen atoms in total. The zero-order chi connectivity index (χ0) is 23.0. The van der Waals surface area contributed by atoms with Crippen LogP contribution in [0.3, 0.4) is 0 Å². The average Bonchev–Trinajstić information content (AvgIpc) is 3.27. The third kappa shape index (κ3) is 5.33. The molecule has 2 aromatic rings. The largest absolute Gasteiger partial charge is 0.484 e. The molecule has 1 amide bonds. The molecule has 1 aliphatic carbocycles. The Balaban J connectivity index is 1.52. The van der Waals surface area contributed by atoms with Crippen LogP contribution in [0.25, 0.3) is 0 Å². The molecule has 1 aliphatic heterocycles. The van der Waals surface area contributed by atoms with Gasteiger partial charge in [0.25, 0.3) is 0 Å². The van der Waals surface area contributed by atoms with Crippen LogP contribution in [-0.2, 0) is 11.2 Å². The number of amides is 1. The molecule has 1 heterocycles. The standard InChI is InChI=1S/C25H30Cl2N2O3/c1-15-5-7-18(8-6-15)31-23-20-11-16(26)12-21(27)19(20)13-22(23)29-10-9-17(14-29)28-24(30)32-25(2,3)4/h5-8,11-12,17,22-23H,9-10,13-14H2,1-4H3,(H,28,30)/t17-,22+,23+/m1/s1. The summed E-state index contributed by atoms with van der Waals surface area (Å²) in [6.45, 7) is 9.25. The number of halogens is 2. The molecule has 4 rings (SSSR count). The van der Waals surface area contributed by atoms with Crippen molar-refractivity contribution >= 4 is 29.3 Å². The van der Waals surface area contributed by atoms with E-state index in [0.717, 1.165) is 42.8 Å². The summed E-state index contributed by atoms with van der Waals surface area (Å²) in [5.41, 5.74) is 2.79. The highest BCUT2D eigenvalue weighted by atomic mass is 35.5. The topological polar surface area (TPSA) is 50.8 Å². The minimum absolute atomic E-state index is 0.0349. The molecule has 0 unspecified atom stereocenters. The molecule has 1 fully saturated rings. The lowest BCUT2D eigenvalue weighted by atomic mass is 10.1. The lowest BCUT2D eigenvalue weighted by Gasteiger charge is -2.30. The molecule has 0 saturated carbocycles. The van der Waals surface area contributed by atoms with Crippen LogP contribution < -0.4 is 10.1 Å². The van der Waals surface area contributed by atoms with Crippen molar-refractivity contribution in [3.63, 3.8) is 0 Å². The first kappa shape index (κ1) is 23.2. The van der Waals surface area contributed by atoms with Crippen molar-refractivity contribution in [1.82, 2.24) is 10.2 Å². The van der Waals surface area contributed by atoms with Crippen LogP contribution in [0.5, 0.6) is 5.75 Å². The first-order valence-corrected chi connectivity index (χ1v) is 11.8. The molecule has 1 saturated heterocycles. The van der Waals surface area contributed by atoms with Gasteiger partial charge in [-0.15, -0.1) is 0 Å². The molecule has 7 heteroatoms. The van der Waals surface area contributed by atoms with E-state index in [0.29, 0.717) is 10.0 Å². The van der Waals surface area contributed by atoms with Crippen LogP contribution in [0.4, 0.5) is 4.79 Å². The highest BCUT2D eigenvalue weighted by molar-refractivity contribution is 6.35. The maximum atomic E-state index is 12.2. The van der Waals surface area contributed by atoms with Gasteiger partial charge in [0.1, 0.15) is 17.5 Å². The minimum atomic E-state index is -0.515. The predicted molar refractivity (Wildman–Crippen MR) is 128 cm³/mol. The minimum Gasteiger partial charge on any atom is -0.484 e. The average molecular weight is 477 g/mol. The summed E-state index contributed by atoms with van der Waals surface area (Å²) in [7, 11) is 0. The third-order valence-electron chi connectivity index (χ3n) is 5.96. The number of hydrogen-bond donors (Lipinski definition) is 1. The zero-order valence-corrected chi connectivity index (χ0v) is 20.5. The van der Waals surface area contributed by atoms with E-state index in [1.165, 1.54) is 5.56 Å². The summed E-state index contributed by atoms with van der Waals surface area (Å²) < 4.78 is 11.9. The van der Waals surface area contributed by atoms with Crippen molar-refractivity contribution < 1.29 is 14.3 Å². The highest BCUT2D eigenvalue weighted by Crippen LogP contribution is 2.43. The number of alkyl carbamates (subject to hydrolysis) is 1. The van der Waals surface area contributed by atoms with Crippen molar-refractivity contribution in [3.05, 3.63) is 63.1 Å². The zero-order valence-electron chi connectivity index (χ0n) is 19.0. The Kier molecular flexibility index (Phi) is 6.62. The Morgan fingerprint density at radius 2 is 1.88 bits per heavy atom. The van der Waals surface area contributed by atoms with Gasteiger partial charge < -0.3 is 14.8 Å². The molecular formula is C25H30Cl2N2O3. The molecule has 0 aromatic heterocycles. The molecule has 0 spiro atoms. The van der Waals surface area contributed by atoms with Crippen molar-refractivity contribution in [2.75, 3.05) is 13.1 Å². The van der Waals surface area contributed by atoms with E-state index in [1.807, 2.05) is 51.1 Å². The number of rotatable bonds is 4. The third-order valence-corrected chi connectivity index (χ3v) is 6.51. The van der Waals surface area contributed by atoms with Crippen LogP contribution in [0.1, 0.15) is 50.0 Å². The highest BCUT2D eigenvalue weighted by Gasteiger charge is 2.42. The van der Waals surface area contributed by atoms with Crippen molar-refractivity contribution in [2.24, 2.45) is 0 Å². The van der Waals surface area contributed by atoms with Crippen LogP contribution in [-0.4, -0.2) is 41.8 Å². The van der Waals surface area contributed by atoms with Crippen LogP contribution in [0.2, 0.25) is 10.0 Å². The molecule has 0 radical (unpaired) electrons. The number of nitrogens with zero attached hydrogens (tertiary/aromatic N) is 1. The number of likely N-dealkylation sites (tertiary alicyclic amines) is 1. The van der Waals surface area contributed by atoms with Crippen LogP contribution in [0, 0.1) is 6.92 Å². The van der Waals surface area contributed by atoms with Gasteiger partial charge in [-0.2, -0.15) is 0 Å². The fourth-order valence-corrected chi connectivity index (χ4v) is 5.11. The molecule has 2 aromatic carbocycles. The molecule has 172 valence electrons. The molecule has 1 N–H and O–H groups in total. The first-order chi connectivity index (χ1) is 15.1. The summed E-state index contributed by atoms with van der Waals surface area (Å²) in [6.07, 6.45) is 1.07. The number of ether oxygens (including phenoxy) is 2. The summed E-state index contributed by atoms with van der Waals surface area (Å²) >= 11 is 12.9. The second-order valence-corrected chi connectivity index (χ2v) is 10.5. The fourth-order valence-electron chi connectivity index (χ4n) is 4.52. The molecule has 2 aliphatic rings. The summed E-state index contributed by atoms with van der Waals surface area (Å²) in [5, 5.41) is 4.30. The van der Waals surface area contributed by atoms with E-state index in [1.54, 1.807) is 6.07 Å². The summed E-state index contributed by atoms with van der Waals surface area (Å²) in [6, 6.07) is 12.0. The Labute approximate surface area is 200 Å². The maximum Gasteiger partial charge on any atom is 0.407 e. The quantitative estimate of drug-likeness (QED) is 0.592. The van der Waals surface area contributed by atoms with Crippen molar-refractivity contribution in [3.8, 4) is 5.75 Å². The van der Waals surface area contributed by atoms with Gasteiger partial charge in [0.15, 0.2) is 0 Å². The fraction of sp³-hybridized carbons (Fsp3) is 0.480. The lowest BCUT2D eigenvalue weighted by molar-refractivity contribution is 0.0498. The first-order valence-electron chi connectivity index (χ1n) is 11.0. The maximum absolute atomic E-state index is 12.2. The van der Waals surface area contributed by atoms with Gasteiger partial charge in [0.2, 0.25) is 0 Å². The number of fused-ring (bicyclic) bond motifs is 1. The van der Waals surface area contributed by atoms with Gasteiger partial charge in [-0.3, -0.25) is 4.90 Å². The molecule has 0 bridgehead atoms. The number of benzene rings is 2. The SMILES string of the molecule is Cc1ccc(O[C@H]2c3cc(Cl)cc(Cl)c3C[C@@H]2N2CC[C@@H](NC(=O)OC(C)(C)C)C2)cc1. The van der Waals surface area contributed by atoms with E-state index in [4.69, 9.17) is 32.7 Å². The second kappa shape index (κ2) is 9.12. The number of carbonyl (C=O) groups excluding carboxylic acids is 1. The number of aryl methyl sites for hydroxylation is 1. The van der Waals surface area contributed by atoms with E-state index in [-0.39, 0.29) is 24.3 Å². The number of carbonyl (C=O) groups is 1. The van der Waals surface area contributed by atoms with Gasteiger partial charge in [-0.25, -0.2) is 4.79 Å². The predicted octanol–water partition coefficient (Wildman–Crippen LogP) is 5.95. The lowest BCUT2D eigenvalue weighted by Crippen LogP contribution is -2.43. The molecule has 32 heavy (non-hydrogen) atoms. The van der Waals surface area contributed by atoms with Gasteiger partial charge in [0.05, 0.1) is 6.04 Å². The Morgan fingerprint density at radius 3 is 2.56 bits per heavy atom. The Morgan fingerprint density at radius 1 is 1.16 bits per heavy atom. The smallest absolute Gasteiger partial charge is 0.407 e. The van der Waals surface area contributed by atoms with E-state index >= 15 is 0 Å². The van der Waals surface area contributed by atoms with Gasteiger partial charge in [-0.1, -0.05) is 40.9 Å². The van der Waals surface area contributed by atoms with Gasteiger partial charge in [-0.05, 0) is 70.4 Å². The van der Waals surface area contributed by atoms with Crippen molar-refractivity contribution in [1.29, 1.82) is 0 Å². The Bertz CT molecular complexity index is 988. The van der Waals surface area contributed by atoms with Gasteiger partial charge >= 0.3 is 6.09 Å². The van der Waals surface area contributed by atoms with Crippen LogP contribution >= 0.6 is 23.2 Å². The van der Waals surface area contributed by atoms with Crippen LogP contribution in [0.15, 0.2) is 36.4 Å². The monoisotopic (exact) mass is 476 g/mol. The Hall–Kier alpha value is -1.95. The summed E-state index contributed by atoms with van der Waals surface area (Å²) in [5.74, 6) is 0.817. The molecule has 3 atom stereocenters. The van der Waals surface area contributed by atoms with Gasteiger partial charge in [0, 0.05) is 34.7 Å². The normalized spacial score (nSPS) is 23.1. The van der Waals surface area contributed by atoms with E-state index in [2.05, 4.69) is 17.1 Å². The number of nitrogens with one attached hydrogen (secondary N) is 1. The number of hydrogen-bond acceptors (Lipinski definition) is 4. The molecular weight excluding hydrogens is 447 g/mol. The summed E-state index contributed by atoms with van der Waals surface area (Å²) in [4.78, 5) is 14.6.